The molecule has 0 radical (unpaired) electrons. The summed E-state index contributed by atoms with van der Waals surface area (Å²) in [6, 6.07) is 10.6. The second-order valence-electron chi connectivity index (χ2n) is 5.93. The van der Waals surface area contributed by atoms with Crippen molar-refractivity contribution < 1.29 is 0 Å². The van der Waals surface area contributed by atoms with E-state index in [0.717, 1.165) is 13.1 Å². The summed E-state index contributed by atoms with van der Waals surface area (Å²) in [4.78, 5) is 6.49. The summed E-state index contributed by atoms with van der Waals surface area (Å²) >= 11 is 0. The molecule has 0 fully saturated rings. The molecule has 0 amide bonds. The number of rotatable bonds is 6. The van der Waals surface area contributed by atoms with E-state index in [-0.39, 0.29) is 0 Å². The molecular formula is C18H25N3. The van der Waals surface area contributed by atoms with Crippen LogP contribution < -0.4 is 10.2 Å². The van der Waals surface area contributed by atoms with E-state index < -0.39 is 0 Å². The van der Waals surface area contributed by atoms with Crippen LogP contribution in [0.5, 0.6) is 0 Å². The minimum Gasteiger partial charge on any atom is -0.344 e. The van der Waals surface area contributed by atoms with E-state index in [9.17, 15) is 0 Å². The zero-order chi connectivity index (χ0) is 15.2. The molecule has 2 aromatic rings. The zero-order valence-electron chi connectivity index (χ0n) is 13.4. The highest BCUT2D eigenvalue weighted by Crippen LogP contribution is 2.26. The van der Waals surface area contributed by atoms with Gasteiger partial charge in [0.2, 0.25) is 0 Å². The van der Waals surface area contributed by atoms with Gasteiger partial charge in [-0.1, -0.05) is 26.0 Å². The molecule has 3 heteroatoms. The largest absolute Gasteiger partial charge is 0.344 e. The molecule has 3 nitrogen and oxygen atoms in total. The standard InChI is InChI=1S/C18H25N3/c1-14(2)11-20-13-16-12-19-9-8-18(16)21(4)17-7-5-6-15(3)10-17/h5-10,12,14,20H,11,13H2,1-4H3. The van der Waals surface area contributed by atoms with Crippen LogP contribution in [0.2, 0.25) is 0 Å². The van der Waals surface area contributed by atoms with Gasteiger partial charge in [-0.2, -0.15) is 0 Å². The average Bonchev–Trinajstić information content (AvgIpc) is 2.47. The molecule has 1 N–H and O–H groups in total. The maximum Gasteiger partial charge on any atom is 0.0484 e. The van der Waals surface area contributed by atoms with Crippen LogP contribution in [0, 0.1) is 12.8 Å². The number of benzene rings is 1. The number of nitrogens with zero attached hydrogens (tertiary/aromatic N) is 2. The maximum absolute atomic E-state index is 4.27. The van der Waals surface area contributed by atoms with Gasteiger partial charge in [0.1, 0.15) is 0 Å². The Morgan fingerprint density at radius 3 is 2.76 bits per heavy atom. The Morgan fingerprint density at radius 1 is 1.24 bits per heavy atom. The van der Waals surface area contributed by atoms with Gasteiger partial charge in [-0.25, -0.2) is 0 Å². The minimum absolute atomic E-state index is 0.652. The van der Waals surface area contributed by atoms with Crippen LogP contribution in [-0.2, 0) is 6.54 Å². The topological polar surface area (TPSA) is 28.2 Å². The predicted octanol–water partition coefficient (Wildman–Crippen LogP) is 3.90. The first-order valence-electron chi connectivity index (χ1n) is 7.52. The van der Waals surface area contributed by atoms with Crippen molar-refractivity contribution in [2.24, 2.45) is 5.92 Å². The van der Waals surface area contributed by atoms with E-state index in [0.29, 0.717) is 5.92 Å². The summed E-state index contributed by atoms with van der Waals surface area (Å²) < 4.78 is 0. The quantitative estimate of drug-likeness (QED) is 0.871. The van der Waals surface area contributed by atoms with Gasteiger partial charge in [-0.3, -0.25) is 4.98 Å². The third-order valence-electron chi connectivity index (χ3n) is 3.50. The van der Waals surface area contributed by atoms with Crippen LogP contribution in [0.15, 0.2) is 42.7 Å². The average molecular weight is 283 g/mol. The predicted molar refractivity (Wildman–Crippen MR) is 90.0 cm³/mol. The molecule has 0 saturated heterocycles. The smallest absolute Gasteiger partial charge is 0.0484 e. The fourth-order valence-corrected chi connectivity index (χ4v) is 2.35. The highest BCUT2D eigenvalue weighted by Gasteiger charge is 2.09. The Bertz CT molecular complexity index is 578. The van der Waals surface area contributed by atoms with Crippen molar-refractivity contribution in [3.63, 3.8) is 0 Å². The third kappa shape index (κ3) is 4.30. The molecule has 0 unspecified atom stereocenters. The maximum atomic E-state index is 4.27. The van der Waals surface area contributed by atoms with Crippen LogP contribution in [0.4, 0.5) is 11.4 Å². The van der Waals surface area contributed by atoms with Gasteiger partial charge in [-0.05, 0) is 43.1 Å². The molecule has 21 heavy (non-hydrogen) atoms. The molecule has 0 atom stereocenters. The molecule has 0 aliphatic carbocycles. The summed E-state index contributed by atoms with van der Waals surface area (Å²) in [6.07, 6.45) is 3.81. The summed E-state index contributed by atoms with van der Waals surface area (Å²) in [6.45, 7) is 8.42. The fourth-order valence-electron chi connectivity index (χ4n) is 2.35. The number of aryl methyl sites for hydroxylation is 1. The second-order valence-corrected chi connectivity index (χ2v) is 5.93. The van der Waals surface area contributed by atoms with E-state index in [2.05, 4.69) is 73.4 Å². The van der Waals surface area contributed by atoms with Gasteiger partial charge >= 0.3 is 0 Å². The number of aromatic nitrogens is 1. The first-order chi connectivity index (χ1) is 10.1. The summed E-state index contributed by atoms with van der Waals surface area (Å²) in [5.74, 6) is 0.652. The van der Waals surface area contributed by atoms with Crippen LogP contribution in [0.1, 0.15) is 25.0 Å². The lowest BCUT2D eigenvalue weighted by atomic mass is 10.1. The molecule has 0 saturated carbocycles. The molecule has 1 aromatic carbocycles. The second kappa shape index (κ2) is 7.23. The van der Waals surface area contributed by atoms with Crippen molar-refractivity contribution in [2.75, 3.05) is 18.5 Å². The van der Waals surface area contributed by atoms with Crippen molar-refractivity contribution in [2.45, 2.75) is 27.3 Å². The van der Waals surface area contributed by atoms with Crippen molar-refractivity contribution in [1.29, 1.82) is 0 Å². The van der Waals surface area contributed by atoms with E-state index in [1.165, 1.54) is 22.5 Å². The van der Waals surface area contributed by atoms with Crippen LogP contribution in [0.25, 0.3) is 0 Å². The Balaban J connectivity index is 2.18. The van der Waals surface area contributed by atoms with Crippen LogP contribution in [0.3, 0.4) is 0 Å². The normalized spacial score (nSPS) is 10.9. The SMILES string of the molecule is Cc1cccc(N(C)c2ccncc2CNCC(C)C)c1. The van der Waals surface area contributed by atoms with Crippen LogP contribution >= 0.6 is 0 Å². The van der Waals surface area contributed by atoms with Gasteiger partial charge in [0.15, 0.2) is 0 Å². The Hall–Kier alpha value is -1.87. The lowest BCUT2D eigenvalue weighted by Gasteiger charge is -2.23. The van der Waals surface area contributed by atoms with Gasteiger partial charge in [0.05, 0.1) is 0 Å². The molecule has 1 heterocycles. The molecule has 112 valence electrons. The summed E-state index contributed by atoms with van der Waals surface area (Å²) in [7, 11) is 2.11. The number of pyridine rings is 1. The number of nitrogens with one attached hydrogen (secondary N) is 1. The Labute approximate surface area is 128 Å². The minimum atomic E-state index is 0.652. The summed E-state index contributed by atoms with van der Waals surface area (Å²) in [5.41, 5.74) is 4.90. The van der Waals surface area contributed by atoms with E-state index >= 15 is 0 Å². The number of hydrogen-bond donors (Lipinski definition) is 1. The van der Waals surface area contributed by atoms with Gasteiger partial charge in [0, 0.05) is 42.9 Å². The third-order valence-corrected chi connectivity index (χ3v) is 3.50. The molecular weight excluding hydrogens is 258 g/mol. The van der Waals surface area contributed by atoms with Gasteiger partial charge in [0.25, 0.3) is 0 Å². The van der Waals surface area contributed by atoms with E-state index in [1.54, 1.807) is 0 Å². The highest BCUT2D eigenvalue weighted by atomic mass is 15.1. The van der Waals surface area contributed by atoms with Crippen molar-refractivity contribution >= 4 is 11.4 Å². The summed E-state index contributed by atoms with van der Waals surface area (Å²) in [5, 5.41) is 3.49. The molecule has 0 bridgehead atoms. The fraction of sp³-hybridized carbons (Fsp3) is 0.389. The van der Waals surface area contributed by atoms with Crippen molar-refractivity contribution in [3.05, 3.63) is 53.9 Å². The van der Waals surface area contributed by atoms with E-state index in [1.807, 2.05) is 12.4 Å². The Morgan fingerprint density at radius 2 is 2.05 bits per heavy atom. The Kier molecular flexibility index (Phi) is 5.34. The number of anilines is 2. The lowest BCUT2D eigenvalue weighted by Crippen LogP contribution is -2.21. The molecule has 0 spiro atoms. The first kappa shape index (κ1) is 15.5. The van der Waals surface area contributed by atoms with Crippen molar-refractivity contribution in [1.82, 2.24) is 10.3 Å². The van der Waals surface area contributed by atoms with E-state index in [4.69, 9.17) is 0 Å². The van der Waals surface area contributed by atoms with Gasteiger partial charge in [-0.15, -0.1) is 0 Å². The lowest BCUT2D eigenvalue weighted by molar-refractivity contribution is 0.552. The molecule has 0 aliphatic heterocycles. The van der Waals surface area contributed by atoms with Crippen LogP contribution in [-0.4, -0.2) is 18.6 Å². The van der Waals surface area contributed by atoms with Crippen molar-refractivity contribution in [3.8, 4) is 0 Å². The highest BCUT2D eigenvalue weighted by molar-refractivity contribution is 5.65. The first-order valence-corrected chi connectivity index (χ1v) is 7.52. The van der Waals surface area contributed by atoms with Gasteiger partial charge < -0.3 is 10.2 Å². The zero-order valence-corrected chi connectivity index (χ0v) is 13.4. The molecule has 0 aliphatic rings. The molecule has 2 rings (SSSR count). The molecule has 1 aromatic heterocycles. The number of hydrogen-bond acceptors (Lipinski definition) is 3. The monoisotopic (exact) mass is 283 g/mol.